The van der Waals surface area contributed by atoms with Crippen LogP contribution in [0.5, 0.6) is 0 Å². The summed E-state index contributed by atoms with van der Waals surface area (Å²) in [5, 5.41) is 8.02. The number of hydrogen-bond donors (Lipinski definition) is 1. The van der Waals surface area contributed by atoms with Gasteiger partial charge in [-0.05, 0) is 43.3 Å². The molecule has 1 N–H and O–H groups in total. The second-order valence-electron chi connectivity index (χ2n) is 6.80. The highest BCUT2D eigenvalue weighted by atomic mass is 35.5. The van der Waals surface area contributed by atoms with Crippen LogP contribution in [0.4, 0.5) is 5.69 Å². The van der Waals surface area contributed by atoms with E-state index in [-0.39, 0.29) is 5.91 Å². The van der Waals surface area contributed by atoms with Gasteiger partial charge in [0.2, 0.25) is 0 Å². The minimum atomic E-state index is -0.398. The van der Waals surface area contributed by atoms with Gasteiger partial charge in [-0.2, -0.15) is 5.10 Å². The number of fused-ring (bicyclic) bond motifs is 1. The number of hydrogen-bond acceptors (Lipinski definition) is 3. The van der Waals surface area contributed by atoms with E-state index >= 15 is 0 Å². The Morgan fingerprint density at radius 2 is 1.82 bits per heavy atom. The smallest absolute Gasteiger partial charge is 0.277 e. The molecule has 6 heteroatoms. The quantitative estimate of drug-likeness (QED) is 0.511. The molecule has 1 amide bonds. The molecule has 0 radical (unpaired) electrons. The molecule has 5 rings (SSSR count). The van der Waals surface area contributed by atoms with Crippen molar-refractivity contribution in [3.05, 3.63) is 94.5 Å². The minimum Gasteiger partial charge on any atom is -0.467 e. The summed E-state index contributed by atoms with van der Waals surface area (Å²) in [6.07, 6.45) is 1.62. The van der Waals surface area contributed by atoms with Crippen molar-refractivity contribution in [2.75, 3.05) is 4.90 Å². The number of furan rings is 1. The Labute approximate surface area is 166 Å². The molecule has 28 heavy (non-hydrogen) atoms. The van der Waals surface area contributed by atoms with Crippen molar-refractivity contribution in [1.82, 2.24) is 10.2 Å². The van der Waals surface area contributed by atoms with Crippen LogP contribution in [0.2, 0.25) is 5.02 Å². The van der Waals surface area contributed by atoms with E-state index < -0.39 is 6.04 Å². The molecule has 0 bridgehead atoms. The number of carbonyl (C=O) groups excluding carboxylic acids is 1. The van der Waals surface area contributed by atoms with Gasteiger partial charge in [-0.15, -0.1) is 0 Å². The summed E-state index contributed by atoms with van der Waals surface area (Å²) in [5.74, 6) is 0.553. The second-order valence-corrected chi connectivity index (χ2v) is 7.23. The summed E-state index contributed by atoms with van der Waals surface area (Å²) in [6, 6.07) is 18.6. The molecule has 1 atom stereocenters. The lowest BCUT2D eigenvalue weighted by atomic mass is 10.00. The highest BCUT2D eigenvalue weighted by molar-refractivity contribution is 6.30. The first-order chi connectivity index (χ1) is 13.6. The lowest BCUT2D eigenvalue weighted by molar-refractivity contribution is 0.0987. The molecule has 0 aliphatic carbocycles. The molecule has 4 aromatic rings. The molecule has 1 aliphatic rings. The highest BCUT2D eigenvalue weighted by Gasteiger charge is 2.44. The third kappa shape index (κ3) is 2.55. The summed E-state index contributed by atoms with van der Waals surface area (Å²) >= 11 is 6.03. The Kier molecular flexibility index (Phi) is 3.84. The maximum Gasteiger partial charge on any atom is 0.277 e. The summed E-state index contributed by atoms with van der Waals surface area (Å²) in [4.78, 5) is 15.0. The van der Waals surface area contributed by atoms with Crippen molar-refractivity contribution in [3.63, 3.8) is 0 Å². The van der Waals surface area contributed by atoms with Gasteiger partial charge in [0.25, 0.3) is 5.91 Å². The van der Waals surface area contributed by atoms with Crippen LogP contribution in [0.25, 0.3) is 11.3 Å². The maximum absolute atomic E-state index is 13.3. The van der Waals surface area contributed by atoms with Gasteiger partial charge >= 0.3 is 0 Å². The van der Waals surface area contributed by atoms with Crippen LogP contribution in [0.15, 0.2) is 71.3 Å². The largest absolute Gasteiger partial charge is 0.467 e. The number of amides is 1. The fourth-order valence-corrected chi connectivity index (χ4v) is 3.79. The van der Waals surface area contributed by atoms with E-state index in [9.17, 15) is 4.79 Å². The lowest BCUT2D eigenvalue weighted by Crippen LogP contribution is -2.29. The van der Waals surface area contributed by atoms with Crippen molar-refractivity contribution in [3.8, 4) is 11.3 Å². The number of benzene rings is 2. The number of carbonyl (C=O) groups is 1. The number of aromatic nitrogens is 2. The average molecular weight is 390 g/mol. The Morgan fingerprint density at radius 3 is 2.50 bits per heavy atom. The Morgan fingerprint density at radius 1 is 1.07 bits per heavy atom. The summed E-state index contributed by atoms with van der Waals surface area (Å²) in [6.45, 7) is 2.02. The van der Waals surface area contributed by atoms with Crippen LogP contribution in [0.3, 0.4) is 0 Å². The molecule has 0 spiro atoms. The van der Waals surface area contributed by atoms with Crippen LogP contribution in [0.1, 0.15) is 33.4 Å². The predicted octanol–water partition coefficient (Wildman–Crippen LogP) is 5.38. The number of aryl methyl sites for hydroxylation is 1. The molecule has 3 heterocycles. The van der Waals surface area contributed by atoms with Crippen LogP contribution >= 0.6 is 11.6 Å². The van der Waals surface area contributed by atoms with Crippen molar-refractivity contribution in [2.45, 2.75) is 13.0 Å². The maximum atomic E-state index is 13.3. The lowest BCUT2D eigenvalue weighted by Gasteiger charge is -2.24. The van der Waals surface area contributed by atoms with Crippen LogP contribution < -0.4 is 4.90 Å². The molecule has 138 valence electrons. The van der Waals surface area contributed by atoms with Gasteiger partial charge in [0.05, 0.1) is 12.0 Å². The third-order valence-electron chi connectivity index (χ3n) is 5.01. The van der Waals surface area contributed by atoms with Gasteiger partial charge in [-0.3, -0.25) is 14.8 Å². The van der Waals surface area contributed by atoms with E-state index in [2.05, 4.69) is 10.2 Å². The normalized spacial score (nSPS) is 15.9. The van der Waals surface area contributed by atoms with Gasteiger partial charge in [0, 0.05) is 21.8 Å². The monoisotopic (exact) mass is 389 g/mol. The van der Waals surface area contributed by atoms with Gasteiger partial charge < -0.3 is 4.42 Å². The molecule has 2 aromatic heterocycles. The molecule has 0 unspecified atom stereocenters. The molecule has 0 saturated heterocycles. The fraction of sp³-hybridized carbons (Fsp3) is 0.0909. The number of anilines is 1. The summed E-state index contributed by atoms with van der Waals surface area (Å²) in [7, 11) is 0. The number of nitrogens with zero attached hydrogens (tertiary/aromatic N) is 2. The standard InChI is InChI=1S/C22H16ClN3O2/c1-13-4-10-16(11-5-13)26-21(17-3-2-12-28-17)18-19(24-25-20(18)22(26)27)14-6-8-15(23)9-7-14/h2-12,21H,1H3,(H,24,25)/t21-/m1/s1. The van der Waals surface area contributed by atoms with Crippen LogP contribution in [0, 0.1) is 6.92 Å². The molecular formula is C22H16ClN3O2. The zero-order valence-corrected chi connectivity index (χ0v) is 15.8. The van der Waals surface area contributed by atoms with Crippen LogP contribution in [-0.4, -0.2) is 16.1 Å². The Balaban J connectivity index is 1.70. The highest BCUT2D eigenvalue weighted by Crippen LogP contribution is 2.45. The molecule has 1 aliphatic heterocycles. The second kappa shape index (κ2) is 6.39. The first-order valence-corrected chi connectivity index (χ1v) is 9.29. The molecule has 2 aromatic carbocycles. The van der Waals surface area contributed by atoms with Gasteiger partial charge in [-0.1, -0.05) is 41.4 Å². The van der Waals surface area contributed by atoms with E-state index in [1.807, 2.05) is 67.6 Å². The minimum absolute atomic E-state index is 0.132. The molecule has 0 saturated carbocycles. The van der Waals surface area contributed by atoms with Gasteiger partial charge in [0.1, 0.15) is 17.5 Å². The molecule has 5 nitrogen and oxygen atoms in total. The van der Waals surface area contributed by atoms with E-state index in [0.717, 1.165) is 28.1 Å². The average Bonchev–Trinajstić information content (AvgIpc) is 3.42. The van der Waals surface area contributed by atoms with Crippen molar-refractivity contribution in [2.24, 2.45) is 0 Å². The first kappa shape index (κ1) is 16.8. The van der Waals surface area contributed by atoms with Gasteiger partial charge in [0.15, 0.2) is 0 Å². The van der Waals surface area contributed by atoms with E-state index in [0.29, 0.717) is 16.5 Å². The SMILES string of the molecule is Cc1ccc(N2C(=O)c3[nH]nc(-c4ccc(Cl)cc4)c3[C@H]2c2ccco2)cc1. The van der Waals surface area contributed by atoms with E-state index in [1.165, 1.54) is 0 Å². The van der Waals surface area contributed by atoms with Gasteiger partial charge in [-0.25, -0.2) is 0 Å². The first-order valence-electron chi connectivity index (χ1n) is 8.91. The summed E-state index contributed by atoms with van der Waals surface area (Å²) in [5.41, 5.74) is 4.83. The van der Waals surface area contributed by atoms with Crippen molar-refractivity contribution < 1.29 is 9.21 Å². The number of nitrogens with one attached hydrogen (secondary N) is 1. The molecule has 0 fully saturated rings. The van der Waals surface area contributed by atoms with Crippen molar-refractivity contribution >= 4 is 23.2 Å². The third-order valence-corrected chi connectivity index (χ3v) is 5.26. The predicted molar refractivity (Wildman–Crippen MR) is 108 cm³/mol. The van der Waals surface area contributed by atoms with E-state index in [4.69, 9.17) is 16.0 Å². The number of H-pyrrole nitrogens is 1. The fourth-order valence-electron chi connectivity index (χ4n) is 3.66. The number of aromatic amines is 1. The summed E-state index contributed by atoms with van der Waals surface area (Å²) < 4.78 is 5.72. The topological polar surface area (TPSA) is 62.1 Å². The van der Waals surface area contributed by atoms with E-state index in [1.54, 1.807) is 11.2 Å². The number of halogens is 1. The van der Waals surface area contributed by atoms with Crippen LogP contribution in [-0.2, 0) is 0 Å². The Bertz CT molecular complexity index is 1150. The van der Waals surface area contributed by atoms with Crippen molar-refractivity contribution in [1.29, 1.82) is 0 Å². The molecular weight excluding hydrogens is 374 g/mol. The zero-order chi connectivity index (χ0) is 19.3. The Hall–Kier alpha value is -3.31. The number of rotatable bonds is 3. The zero-order valence-electron chi connectivity index (χ0n) is 15.0.